The molecule has 0 bridgehead atoms. The van der Waals surface area contributed by atoms with Crippen LogP contribution in [-0.2, 0) is 6.42 Å². The molecule has 14 rings (SSSR count). The summed E-state index contributed by atoms with van der Waals surface area (Å²) in [4.78, 5) is 0. The lowest BCUT2D eigenvalue weighted by Gasteiger charge is -2.37. The Morgan fingerprint density at radius 1 is 0.281 bits per heavy atom. The van der Waals surface area contributed by atoms with E-state index in [1.807, 2.05) is 36.4 Å². The molecule has 0 N–H and O–H groups in total. The highest BCUT2D eigenvalue weighted by Crippen LogP contribution is 2.49. The van der Waals surface area contributed by atoms with Crippen LogP contribution in [0, 0.1) is 124 Å². The maximum absolute atomic E-state index is 12.2. The van der Waals surface area contributed by atoms with Gasteiger partial charge in [0.05, 0.1) is 19.0 Å². The van der Waals surface area contributed by atoms with Crippen LogP contribution >= 0.6 is 0 Å². The van der Waals surface area contributed by atoms with Crippen LogP contribution in [0.1, 0.15) is 430 Å². The number of halogens is 7. The quantitative estimate of drug-likeness (QED) is 0.0386. The Bertz CT molecular complexity index is 3500. The van der Waals surface area contributed by atoms with E-state index in [0.29, 0.717) is 18.6 Å². The number of rotatable bonds is 28. The zero-order valence-corrected chi connectivity index (χ0v) is 82.4. The third kappa shape index (κ3) is 40.6. The molecule has 0 radical (unpaired) electrons. The van der Waals surface area contributed by atoms with Crippen LogP contribution in [0.3, 0.4) is 0 Å². The van der Waals surface area contributed by atoms with E-state index in [1.165, 1.54) is 361 Å². The van der Waals surface area contributed by atoms with Gasteiger partial charge in [0.15, 0.2) is 0 Å². The second-order valence-corrected chi connectivity index (χ2v) is 42.7. The van der Waals surface area contributed by atoms with Crippen molar-refractivity contribution in [1.29, 1.82) is 0 Å². The summed E-state index contributed by atoms with van der Waals surface area (Å²) in [5, 5.41) is 0. The molecular weight excluding hydrogens is 1590 g/mol. The van der Waals surface area contributed by atoms with E-state index in [-0.39, 0.29) is 11.8 Å². The van der Waals surface area contributed by atoms with Crippen molar-refractivity contribution in [1.82, 2.24) is 0 Å². The molecule has 718 valence electrons. The van der Waals surface area contributed by atoms with Crippen molar-refractivity contribution in [2.45, 2.75) is 414 Å². The van der Waals surface area contributed by atoms with Crippen LogP contribution in [0.15, 0.2) is 172 Å². The van der Waals surface area contributed by atoms with E-state index >= 15 is 0 Å². The smallest absolute Gasteiger partial charge is 0.216 e. The molecule has 0 atom stereocenters. The molecule has 128 heavy (non-hydrogen) atoms. The van der Waals surface area contributed by atoms with E-state index in [0.717, 1.165) is 175 Å². The van der Waals surface area contributed by atoms with Crippen molar-refractivity contribution in [3.05, 3.63) is 194 Å². The maximum atomic E-state index is 12.2. The average molecular weight is 1770 g/mol. The van der Waals surface area contributed by atoms with Crippen molar-refractivity contribution in [2.24, 2.45) is 124 Å². The predicted octanol–water partition coefficient (Wildman–Crippen LogP) is 40.7. The number of allylic oxidation sites excluding steroid dienone is 9. The molecule has 0 heterocycles. The molecule has 3 aromatic carbocycles. The first-order valence-electron chi connectivity index (χ1n) is 54.2. The molecule has 11 fully saturated rings. The summed E-state index contributed by atoms with van der Waals surface area (Å²) in [7, 11) is 0. The molecule has 3 aromatic rings. The monoisotopic (exact) mass is 1770 g/mol. The first kappa shape index (κ1) is 108. The SMILES string of the molecule is C/C=C/C1CCC(C2CCC(C=C(F)F)CC2)CC1.C=CC1CCC(C2CCC(/C=C/C)CC2)CC1.C=CC1CCC(C2CCC(CCC)CC2)CC1.CCCC1CCC(C2CCC(/C=C/F)CC2)CC1.CCCC1CCC(C2CCC(C=C(F)F)CC2)CC1.CCCC1CCC(c2ccc(/C=C/F)cc2)CC1.CCCCCc1ccc(-c2ccc(/C=C/F)cc2)cc1. The Kier molecular flexibility index (Phi) is 54.0. The largest absolute Gasteiger partial charge is 0.266 e. The van der Waals surface area contributed by atoms with Gasteiger partial charge in [-0.1, -0.05) is 253 Å². The third-order valence-corrected chi connectivity index (χ3v) is 34.2. The molecule has 11 aliphatic carbocycles. The fourth-order valence-electron chi connectivity index (χ4n) is 26.2. The topological polar surface area (TPSA) is 0 Å². The molecule has 0 amide bonds. The number of aryl methyl sites for hydroxylation is 1. The van der Waals surface area contributed by atoms with Crippen molar-refractivity contribution in [2.75, 3.05) is 0 Å². The molecule has 0 saturated heterocycles. The van der Waals surface area contributed by atoms with Gasteiger partial charge in [0, 0.05) is 0 Å². The summed E-state index contributed by atoms with van der Waals surface area (Å²) in [6.07, 6.45) is 95.2. The molecule has 0 unspecified atom stereocenters. The fraction of sp³-hybridized carbons (Fsp3) is 0.702. The zero-order chi connectivity index (χ0) is 91.3. The summed E-state index contributed by atoms with van der Waals surface area (Å²) in [6.45, 7) is 23.6. The first-order valence-corrected chi connectivity index (χ1v) is 54.2. The van der Waals surface area contributed by atoms with Crippen molar-refractivity contribution in [3.63, 3.8) is 0 Å². The van der Waals surface area contributed by atoms with E-state index in [4.69, 9.17) is 0 Å². The Balaban J connectivity index is 0.000000185. The summed E-state index contributed by atoms with van der Waals surface area (Å²) >= 11 is 0. The third-order valence-electron chi connectivity index (χ3n) is 34.2. The van der Waals surface area contributed by atoms with Gasteiger partial charge in [0.2, 0.25) is 0 Å². The lowest BCUT2D eigenvalue weighted by Crippen LogP contribution is -2.25. The van der Waals surface area contributed by atoms with Crippen molar-refractivity contribution in [3.8, 4) is 11.1 Å². The molecule has 0 spiro atoms. The summed E-state index contributed by atoms with van der Waals surface area (Å²) in [5.74, 6) is 18.5. The predicted molar refractivity (Wildman–Crippen MR) is 542 cm³/mol. The lowest BCUT2D eigenvalue weighted by atomic mass is 9.69. The lowest BCUT2D eigenvalue weighted by molar-refractivity contribution is 0.151. The van der Waals surface area contributed by atoms with Crippen LogP contribution in [0.2, 0.25) is 0 Å². The van der Waals surface area contributed by atoms with Gasteiger partial charge >= 0.3 is 0 Å². The van der Waals surface area contributed by atoms with Crippen LogP contribution in [-0.4, -0.2) is 0 Å². The van der Waals surface area contributed by atoms with Crippen LogP contribution in [0.5, 0.6) is 0 Å². The zero-order valence-electron chi connectivity index (χ0n) is 82.4. The van der Waals surface area contributed by atoms with E-state index in [9.17, 15) is 30.7 Å². The fourth-order valence-corrected chi connectivity index (χ4v) is 26.2. The Labute approximate surface area is 781 Å². The maximum Gasteiger partial charge on any atom is 0.266 e. The first-order chi connectivity index (χ1) is 62.5. The van der Waals surface area contributed by atoms with Gasteiger partial charge in [-0.15, -0.1) is 13.2 Å². The van der Waals surface area contributed by atoms with Crippen LogP contribution in [0.25, 0.3) is 23.3 Å². The number of unbranched alkanes of at least 4 members (excludes halogenated alkanes) is 2. The molecule has 0 aliphatic heterocycles. The normalized spacial score (nSPS) is 31.7. The minimum absolute atomic E-state index is 0.139. The minimum Gasteiger partial charge on any atom is -0.216 e. The van der Waals surface area contributed by atoms with Crippen molar-refractivity contribution < 1.29 is 30.7 Å². The summed E-state index contributed by atoms with van der Waals surface area (Å²) in [6, 6.07) is 25.0. The van der Waals surface area contributed by atoms with E-state index in [1.54, 1.807) is 6.08 Å². The summed E-state index contributed by atoms with van der Waals surface area (Å²) < 4.78 is 85.3. The Morgan fingerprint density at radius 2 is 0.539 bits per heavy atom. The van der Waals surface area contributed by atoms with Gasteiger partial charge in [0.25, 0.3) is 12.2 Å². The van der Waals surface area contributed by atoms with Gasteiger partial charge < -0.3 is 0 Å². The highest BCUT2D eigenvalue weighted by atomic mass is 19.3. The number of benzene rings is 3. The number of hydrogen-bond acceptors (Lipinski definition) is 0. The molecule has 11 aliphatic rings. The van der Waals surface area contributed by atoms with Gasteiger partial charge in [-0.05, 0) is 459 Å². The molecular formula is C121H185F7. The van der Waals surface area contributed by atoms with Crippen molar-refractivity contribution >= 4 is 12.2 Å². The van der Waals surface area contributed by atoms with Crippen LogP contribution in [0.4, 0.5) is 30.7 Å². The molecule has 7 heteroatoms. The molecule has 0 aromatic heterocycles. The second kappa shape index (κ2) is 63.9. The Hall–Kier alpha value is -5.17. The second-order valence-electron chi connectivity index (χ2n) is 42.7. The minimum atomic E-state index is -1.49. The molecule has 0 nitrogen and oxygen atoms in total. The molecule has 11 saturated carbocycles. The Morgan fingerprint density at radius 3 is 0.797 bits per heavy atom. The van der Waals surface area contributed by atoms with Gasteiger partial charge in [-0.25, -0.2) is 13.2 Å². The van der Waals surface area contributed by atoms with E-state index in [2.05, 4.69) is 134 Å². The summed E-state index contributed by atoms with van der Waals surface area (Å²) in [5.41, 5.74) is 7.04. The van der Waals surface area contributed by atoms with Gasteiger partial charge in [-0.3, -0.25) is 0 Å². The number of hydrogen-bond donors (Lipinski definition) is 0. The highest BCUT2D eigenvalue weighted by molar-refractivity contribution is 5.66. The average Bonchev–Trinajstić information content (AvgIpc) is 0.879. The highest BCUT2D eigenvalue weighted by Gasteiger charge is 2.36. The van der Waals surface area contributed by atoms with Gasteiger partial charge in [-0.2, -0.15) is 17.6 Å². The van der Waals surface area contributed by atoms with E-state index < -0.39 is 12.2 Å². The van der Waals surface area contributed by atoms with Gasteiger partial charge in [0.1, 0.15) is 0 Å². The van der Waals surface area contributed by atoms with Crippen LogP contribution < -0.4 is 0 Å². The standard InChI is InChI=1S/C19H21F.C17H28F2.C17H26F2.C17H29F.C17H23F.C17H30.C17H28/c1-2-3-4-5-16-6-10-18(11-7-16)19-12-8-17(9-13-19)14-15-20;2*1-2-3-13-4-8-15(9-5-13)16-10-6-14(7-11-16)12-17(18)19;2*1-2-3-14-4-8-16(9-5-14)17-10-6-15(7-11-17)12-13-18;2*1-3-5-15-8-12-17(13-9-15)16-10-6-14(4-2)7-11-16/h6-15H,2-5H2,1H3;12-16H,2-11H2,1H3;2-3,12-16H,4-11H2,1H3;12-17H,2-11H2,1H3;6-7,10-14,16H,2-5,8-9H2,1H3;4,14-17H,2-3,5-13H2,1H3;3-5,14-17H,2,6-13H2,1H3/b15-14+;;3-2+;2*13-12+;;5-3+.